The van der Waals surface area contributed by atoms with Crippen LogP contribution in [0.1, 0.15) is 22.6 Å². The molecule has 30 heavy (non-hydrogen) atoms. The third-order valence-electron chi connectivity index (χ3n) is 5.06. The molecule has 3 aromatic carbocycles. The molecule has 0 radical (unpaired) electrons. The van der Waals surface area contributed by atoms with E-state index in [1.54, 1.807) is 0 Å². The number of nitrogens with one attached hydrogen (secondary N) is 1. The molecular weight excluding hydrogens is 392 g/mol. The molecule has 0 spiro atoms. The number of ether oxygens (including phenoxy) is 1. The number of hydrogen-bond acceptors (Lipinski definition) is 4. The SMILES string of the molecule is O=C(NCC=Cc1cccc(N=C=S)c1)OCC1c2ccccc2-c2ccccc21. The van der Waals surface area contributed by atoms with E-state index in [1.807, 2.05) is 60.7 Å². The second-order valence-corrected chi connectivity index (χ2v) is 7.09. The van der Waals surface area contributed by atoms with Gasteiger partial charge in [-0.3, -0.25) is 0 Å². The highest BCUT2D eigenvalue weighted by atomic mass is 32.1. The van der Waals surface area contributed by atoms with Crippen molar-refractivity contribution in [3.63, 3.8) is 0 Å². The van der Waals surface area contributed by atoms with Crippen molar-refractivity contribution in [2.75, 3.05) is 13.2 Å². The van der Waals surface area contributed by atoms with Gasteiger partial charge in [0.2, 0.25) is 0 Å². The van der Waals surface area contributed by atoms with Gasteiger partial charge in [-0.15, -0.1) is 0 Å². The molecule has 0 aromatic heterocycles. The van der Waals surface area contributed by atoms with Crippen LogP contribution in [0.2, 0.25) is 0 Å². The second-order valence-electron chi connectivity index (χ2n) is 6.91. The number of benzene rings is 3. The summed E-state index contributed by atoms with van der Waals surface area (Å²) in [6.07, 6.45) is 3.34. The van der Waals surface area contributed by atoms with E-state index in [-0.39, 0.29) is 5.92 Å². The quantitative estimate of drug-likeness (QED) is 0.401. The Morgan fingerprint density at radius 3 is 2.43 bits per heavy atom. The highest BCUT2D eigenvalue weighted by Gasteiger charge is 2.28. The van der Waals surface area contributed by atoms with E-state index in [0.717, 1.165) is 11.3 Å². The Labute approximate surface area is 180 Å². The van der Waals surface area contributed by atoms with Crippen molar-refractivity contribution in [2.24, 2.45) is 4.99 Å². The molecule has 0 heterocycles. The van der Waals surface area contributed by atoms with Gasteiger partial charge in [-0.25, -0.2) is 4.79 Å². The van der Waals surface area contributed by atoms with Crippen LogP contribution in [0.4, 0.5) is 10.5 Å². The fourth-order valence-corrected chi connectivity index (χ4v) is 3.84. The lowest BCUT2D eigenvalue weighted by molar-refractivity contribution is 0.144. The number of carbonyl (C=O) groups is 1. The monoisotopic (exact) mass is 412 g/mol. The van der Waals surface area contributed by atoms with E-state index in [4.69, 9.17) is 4.74 Å². The number of thiocarbonyl (C=S) groups is 1. The largest absolute Gasteiger partial charge is 0.449 e. The molecule has 1 N–H and O–H groups in total. The van der Waals surface area contributed by atoms with E-state index in [0.29, 0.717) is 13.2 Å². The van der Waals surface area contributed by atoms with Gasteiger partial charge in [-0.2, -0.15) is 4.99 Å². The summed E-state index contributed by atoms with van der Waals surface area (Å²) >= 11 is 4.62. The lowest BCUT2D eigenvalue weighted by atomic mass is 9.98. The normalized spacial score (nSPS) is 12.1. The van der Waals surface area contributed by atoms with Gasteiger partial charge in [0, 0.05) is 12.5 Å². The average molecular weight is 413 g/mol. The Morgan fingerprint density at radius 1 is 1.03 bits per heavy atom. The molecule has 1 amide bonds. The van der Waals surface area contributed by atoms with E-state index in [1.165, 1.54) is 22.3 Å². The van der Waals surface area contributed by atoms with Crippen molar-refractivity contribution < 1.29 is 9.53 Å². The van der Waals surface area contributed by atoms with Crippen LogP contribution >= 0.6 is 12.2 Å². The molecule has 1 aliphatic rings. The molecule has 0 bridgehead atoms. The minimum atomic E-state index is -0.430. The van der Waals surface area contributed by atoms with Gasteiger partial charge in [0.25, 0.3) is 0 Å². The third-order valence-corrected chi connectivity index (χ3v) is 5.15. The lowest BCUT2D eigenvalue weighted by Crippen LogP contribution is -2.26. The smallest absolute Gasteiger partial charge is 0.407 e. The fourth-order valence-electron chi connectivity index (χ4n) is 3.74. The summed E-state index contributed by atoms with van der Waals surface area (Å²) in [4.78, 5) is 16.1. The minimum absolute atomic E-state index is 0.0585. The van der Waals surface area contributed by atoms with Crippen LogP contribution in [0.15, 0.2) is 83.9 Å². The van der Waals surface area contributed by atoms with Crippen LogP contribution in [0.5, 0.6) is 0 Å². The van der Waals surface area contributed by atoms with Crippen LogP contribution < -0.4 is 5.32 Å². The minimum Gasteiger partial charge on any atom is -0.449 e. The number of alkyl carbamates (subject to hydrolysis) is 1. The summed E-state index contributed by atoms with van der Waals surface area (Å²) in [6, 6.07) is 24.1. The Bertz CT molecular complexity index is 1100. The number of amides is 1. The summed E-state index contributed by atoms with van der Waals surface area (Å²) in [5.41, 5.74) is 6.54. The topological polar surface area (TPSA) is 50.7 Å². The molecule has 0 fully saturated rings. The maximum atomic E-state index is 12.2. The Balaban J connectivity index is 1.32. The third kappa shape index (κ3) is 4.38. The van der Waals surface area contributed by atoms with Crippen molar-refractivity contribution in [3.05, 3.63) is 95.6 Å². The first-order valence-electron chi connectivity index (χ1n) is 9.69. The van der Waals surface area contributed by atoms with Gasteiger partial charge < -0.3 is 10.1 Å². The molecule has 4 nitrogen and oxygen atoms in total. The maximum absolute atomic E-state index is 12.2. The number of rotatable bonds is 6. The molecule has 0 saturated heterocycles. The zero-order chi connectivity index (χ0) is 20.8. The number of nitrogens with zero attached hydrogens (tertiary/aromatic N) is 1. The van der Waals surface area contributed by atoms with Crippen molar-refractivity contribution in [1.29, 1.82) is 0 Å². The zero-order valence-electron chi connectivity index (χ0n) is 16.2. The van der Waals surface area contributed by atoms with Crippen LogP contribution in [0.25, 0.3) is 17.2 Å². The maximum Gasteiger partial charge on any atom is 0.407 e. The first kappa shape index (κ1) is 19.8. The predicted octanol–water partition coefficient (Wildman–Crippen LogP) is 5.97. The fraction of sp³-hybridized carbons (Fsp3) is 0.120. The van der Waals surface area contributed by atoms with Gasteiger partial charge in [0.05, 0.1) is 10.8 Å². The van der Waals surface area contributed by atoms with Crippen LogP contribution in [0.3, 0.4) is 0 Å². The summed E-state index contributed by atoms with van der Waals surface area (Å²) in [5, 5.41) is 5.12. The molecule has 0 saturated carbocycles. The number of fused-ring (bicyclic) bond motifs is 3. The molecule has 148 valence electrons. The summed E-state index contributed by atoms with van der Waals surface area (Å²) in [7, 11) is 0. The van der Waals surface area contributed by atoms with E-state index in [9.17, 15) is 4.79 Å². The zero-order valence-corrected chi connectivity index (χ0v) is 17.1. The first-order chi connectivity index (χ1) is 14.8. The number of carbonyl (C=O) groups excluding carboxylic acids is 1. The summed E-state index contributed by atoms with van der Waals surface area (Å²) < 4.78 is 5.52. The van der Waals surface area contributed by atoms with Crippen molar-refractivity contribution in [1.82, 2.24) is 5.32 Å². The molecule has 0 unspecified atom stereocenters. The van der Waals surface area contributed by atoms with Crippen molar-refractivity contribution in [3.8, 4) is 11.1 Å². The Morgan fingerprint density at radius 2 is 1.73 bits per heavy atom. The van der Waals surface area contributed by atoms with Crippen LogP contribution in [-0.4, -0.2) is 24.4 Å². The predicted molar refractivity (Wildman–Crippen MR) is 123 cm³/mol. The standard InChI is InChI=1S/C25H20N2O2S/c28-25(26-14-6-8-18-7-5-9-19(15-18)27-17-30)29-16-24-22-12-3-1-10-20(22)21-11-2-4-13-23(21)24/h1-13,15,24H,14,16H2,(H,26,28). The Hall–Kier alpha value is -3.53. The summed E-state index contributed by atoms with van der Waals surface area (Å²) in [5.74, 6) is 0.0585. The van der Waals surface area contributed by atoms with E-state index in [2.05, 4.69) is 52.0 Å². The lowest BCUT2D eigenvalue weighted by Gasteiger charge is -2.14. The van der Waals surface area contributed by atoms with Gasteiger partial charge in [0.15, 0.2) is 0 Å². The molecular formula is C25H20N2O2S. The van der Waals surface area contributed by atoms with Gasteiger partial charge >= 0.3 is 6.09 Å². The van der Waals surface area contributed by atoms with Crippen molar-refractivity contribution >= 4 is 35.2 Å². The van der Waals surface area contributed by atoms with Crippen molar-refractivity contribution in [2.45, 2.75) is 5.92 Å². The van der Waals surface area contributed by atoms with Gasteiger partial charge in [-0.05, 0) is 52.2 Å². The van der Waals surface area contributed by atoms with Gasteiger partial charge in [-0.1, -0.05) is 72.8 Å². The molecule has 0 aliphatic heterocycles. The second kappa shape index (κ2) is 9.31. The number of aliphatic imine (C=N–C) groups is 1. The van der Waals surface area contributed by atoms with Gasteiger partial charge in [0.1, 0.15) is 6.61 Å². The highest BCUT2D eigenvalue weighted by Crippen LogP contribution is 2.44. The number of isothiocyanates is 1. The van der Waals surface area contributed by atoms with E-state index >= 15 is 0 Å². The highest BCUT2D eigenvalue weighted by molar-refractivity contribution is 7.78. The van der Waals surface area contributed by atoms with Crippen LogP contribution in [-0.2, 0) is 4.74 Å². The Kier molecular flexibility index (Phi) is 6.14. The molecule has 1 aliphatic carbocycles. The average Bonchev–Trinajstić information content (AvgIpc) is 3.10. The molecule has 3 aromatic rings. The molecule has 0 atom stereocenters. The van der Waals surface area contributed by atoms with Crippen LogP contribution in [0, 0.1) is 0 Å². The van der Waals surface area contributed by atoms with E-state index < -0.39 is 6.09 Å². The first-order valence-corrected chi connectivity index (χ1v) is 10.1. The molecule has 4 rings (SSSR count). The number of hydrogen-bond donors (Lipinski definition) is 1. The molecule has 5 heteroatoms. The summed E-state index contributed by atoms with van der Waals surface area (Å²) in [6.45, 7) is 0.679.